The van der Waals surface area contributed by atoms with Crippen LogP contribution in [0.1, 0.15) is 48.0 Å². The summed E-state index contributed by atoms with van der Waals surface area (Å²) < 4.78 is 15.9. The summed E-state index contributed by atoms with van der Waals surface area (Å²) in [5.74, 6) is 0.770. The second kappa shape index (κ2) is 10.7. The van der Waals surface area contributed by atoms with E-state index >= 15 is 0 Å². The summed E-state index contributed by atoms with van der Waals surface area (Å²) in [5.41, 5.74) is 1.39. The summed E-state index contributed by atoms with van der Waals surface area (Å²) in [7, 11) is 1.59. The van der Waals surface area contributed by atoms with Gasteiger partial charge in [-0.05, 0) is 50.5 Å². The summed E-state index contributed by atoms with van der Waals surface area (Å²) in [4.78, 5) is 25.6. The maximum absolute atomic E-state index is 12.4. The molecule has 0 radical (unpaired) electrons. The summed E-state index contributed by atoms with van der Waals surface area (Å²) >= 11 is 1.41. The van der Waals surface area contributed by atoms with Gasteiger partial charge in [-0.1, -0.05) is 13.0 Å². The van der Waals surface area contributed by atoms with Gasteiger partial charge in [-0.15, -0.1) is 11.3 Å². The molecule has 0 atom stereocenters. The highest BCUT2D eigenvalue weighted by Gasteiger charge is 2.18. The molecule has 0 aliphatic carbocycles. The van der Waals surface area contributed by atoms with Gasteiger partial charge in [0.1, 0.15) is 5.00 Å². The van der Waals surface area contributed by atoms with Crippen LogP contribution in [-0.4, -0.2) is 32.2 Å². The zero-order valence-electron chi connectivity index (χ0n) is 16.8. The van der Waals surface area contributed by atoms with Gasteiger partial charge in [-0.2, -0.15) is 0 Å². The maximum atomic E-state index is 12.4. The third-order valence-corrected chi connectivity index (χ3v) is 5.24. The highest BCUT2D eigenvalue weighted by atomic mass is 32.1. The molecule has 0 bridgehead atoms. The van der Waals surface area contributed by atoms with Gasteiger partial charge in [-0.3, -0.25) is 4.79 Å². The van der Waals surface area contributed by atoms with Crippen LogP contribution in [0.3, 0.4) is 0 Å². The van der Waals surface area contributed by atoms with E-state index in [2.05, 4.69) is 5.32 Å². The van der Waals surface area contributed by atoms with Crippen LogP contribution in [0.15, 0.2) is 24.3 Å². The van der Waals surface area contributed by atoms with Gasteiger partial charge in [-0.25, -0.2) is 4.79 Å². The number of anilines is 1. The van der Waals surface area contributed by atoms with Crippen molar-refractivity contribution >= 4 is 28.2 Å². The highest BCUT2D eigenvalue weighted by Crippen LogP contribution is 2.30. The van der Waals surface area contributed by atoms with Crippen molar-refractivity contribution in [3.63, 3.8) is 0 Å². The van der Waals surface area contributed by atoms with Crippen LogP contribution < -0.4 is 14.8 Å². The number of hydrogen-bond donors (Lipinski definition) is 1. The predicted molar refractivity (Wildman–Crippen MR) is 111 cm³/mol. The molecule has 0 spiro atoms. The molecule has 6 nitrogen and oxygen atoms in total. The Morgan fingerprint density at radius 1 is 1.07 bits per heavy atom. The fourth-order valence-corrected chi connectivity index (χ4v) is 3.66. The monoisotopic (exact) mass is 405 g/mol. The number of amides is 1. The van der Waals surface area contributed by atoms with Gasteiger partial charge >= 0.3 is 5.97 Å². The first kappa shape index (κ1) is 21.8. The topological polar surface area (TPSA) is 73.9 Å². The number of carbonyl (C=O) groups is 2. The van der Waals surface area contributed by atoms with Gasteiger partial charge in [0.15, 0.2) is 11.5 Å². The SMILES string of the molecule is CCOC(=O)c1cc(CC)sc1NC(=O)CCc1ccc(OCC)c(OC)c1. The van der Waals surface area contributed by atoms with E-state index in [4.69, 9.17) is 14.2 Å². The molecule has 28 heavy (non-hydrogen) atoms. The lowest BCUT2D eigenvalue weighted by Crippen LogP contribution is -2.14. The second-order valence-electron chi connectivity index (χ2n) is 6.00. The number of esters is 1. The lowest BCUT2D eigenvalue weighted by atomic mass is 10.1. The first-order chi connectivity index (χ1) is 13.5. The van der Waals surface area contributed by atoms with Crippen molar-refractivity contribution in [3.05, 3.63) is 40.3 Å². The number of aryl methyl sites for hydroxylation is 2. The average Bonchev–Trinajstić information content (AvgIpc) is 3.10. The van der Waals surface area contributed by atoms with Crippen LogP contribution in [0.25, 0.3) is 0 Å². The molecule has 1 heterocycles. The van der Waals surface area contributed by atoms with E-state index in [0.717, 1.165) is 16.9 Å². The molecule has 0 fully saturated rings. The quantitative estimate of drug-likeness (QED) is 0.591. The van der Waals surface area contributed by atoms with E-state index in [1.165, 1.54) is 11.3 Å². The molecular weight excluding hydrogens is 378 g/mol. The number of thiophene rings is 1. The summed E-state index contributed by atoms with van der Waals surface area (Å²) in [6.45, 7) is 6.53. The molecule has 1 N–H and O–H groups in total. The molecule has 0 aliphatic heterocycles. The van der Waals surface area contributed by atoms with Crippen molar-refractivity contribution in [2.45, 2.75) is 40.0 Å². The van der Waals surface area contributed by atoms with Gasteiger partial charge < -0.3 is 19.5 Å². The van der Waals surface area contributed by atoms with Gasteiger partial charge in [0.2, 0.25) is 5.91 Å². The predicted octanol–water partition coefficient (Wildman–Crippen LogP) is 4.47. The zero-order chi connectivity index (χ0) is 20.5. The fraction of sp³-hybridized carbons (Fsp3) is 0.429. The van der Waals surface area contributed by atoms with E-state index in [9.17, 15) is 9.59 Å². The molecule has 7 heteroatoms. The van der Waals surface area contributed by atoms with Crippen LogP contribution in [0.5, 0.6) is 11.5 Å². The van der Waals surface area contributed by atoms with Crippen LogP contribution in [0.4, 0.5) is 5.00 Å². The summed E-state index contributed by atoms with van der Waals surface area (Å²) in [5, 5.41) is 3.40. The highest BCUT2D eigenvalue weighted by molar-refractivity contribution is 7.16. The number of hydrogen-bond acceptors (Lipinski definition) is 6. The molecule has 152 valence electrons. The first-order valence-corrected chi connectivity index (χ1v) is 10.2. The van der Waals surface area contributed by atoms with E-state index in [1.807, 2.05) is 32.0 Å². The number of benzene rings is 1. The van der Waals surface area contributed by atoms with Crippen molar-refractivity contribution in [1.29, 1.82) is 0 Å². The Hall–Kier alpha value is -2.54. The van der Waals surface area contributed by atoms with Crippen LogP contribution in [0.2, 0.25) is 0 Å². The smallest absolute Gasteiger partial charge is 0.341 e. The van der Waals surface area contributed by atoms with Crippen LogP contribution in [-0.2, 0) is 22.4 Å². The largest absolute Gasteiger partial charge is 0.493 e. The lowest BCUT2D eigenvalue weighted by Gasteiger charge is -2.11. The third kappa shape index (κ3) is 5.73. The molecule has 1 aromatic carbocycles. The minimum Gasteiger partial charge on any atom is -0.493 e. The molecule has 0 saturated carbocycles. The average molecular weight is 406 g/mol. The zero-order valence-corrected chi connectivity index (χ0v) is 17.6. The van der Waals surface area contributed by atoms with Crippen molar-refractivity contribution in [2.75, 3.05) is 25.6 Å². The Bertz CT molecular complexity index is 815. The minimum absolute atomic E-state index is 0.150. The molecule has 0 saturated heterocycles. The fourth-order valence-electron chi connectivity index (χ4n) is 2.66. The Morgan fingerprint density at radius 2 is 1.86 bits per heavy atom. The van der Waals surface area contributed by atoms with Crippen molar-refractivity contribution in [1.82, 2.24) is 0 Å². The van der Waals surface area contributed by atoms with E-state index in [1.54, 1.807) is 20.1 Å². The molecule has 1 amide bonds. The number of nitrogens with one attached hydrogen (secondary N) is 1. The summed E-state index contributed by atoms with van der Waals surface area (Å²) in [6.07, 6.45) is 1.63. The molecule has 2 rings (SSSR count). The molecule has 1 aromatic heterocycles. The van der Waals surface area contributed by atoms with Crippen molar-refractivity contribution in [3.8, 4) is 11.5 Å². The molecule has 0 aliphatic rings. The van der Waals surface area contributed by atoms with Gasteiger partial charge in [0.05, 0.1) is 25.9 Å². The third-order valence-electron chi connectivity index (χ3n) is 4.05. The lowest BCUT2D eigenvalue weighted by molar-refractivity contribution is -0.116. The normalized spacial score (nSPS) is 10.4. The van der Waals surface area contributed by atoms with Crippen LogP contribution >= 0.6 is 11.3 Å². The Morgan fingerprint density at radius 3 is 2.50 bits per heavy atom. The molecule has 2 aromatic rings. The first-order valence-electron chi connectivity index (χ1n) is 9.41. The Kier molecular flexibility index (Phi) is 8.32. The van der Waals surface area contributed by atoms with Crippen molar-refractivity contribution < 1.29 is 23.8 Å². The Labute approximate surface area is 169 Å². The number of carbonyl (C=O) groups excluding carboxylic acids is 2. The van der Waals surface area contributed by atoms with E-state index in [0.29, 0.717) is 48.1 Å². The minimum atomic E-state index is -0.412. The second-order valence-corrected chi connectivity index (χ2v) is 7.13. The molecular formula is C21H27NO5S. The summed E-state index contributed by atoms with van der Waals surface area (Å²) in [6, 6.07) is 7.44. The maximum Gasteiger partial charge on any atom is 0.341 e. The number of rotatable bonds is 10. The van der Waals surface area contributed by atoms with E-state index < -0.39 is 5.97 Å². The van der Waals surface area contributed by atoms with E-state index in [-0.39, 0.29) is 5.91 Å². The van der Waals surface area contributed by atoms with Gasteiger partial charge in [0, 0.05) is 11.3 Å². The van der Waals surface area contributed by atoms with Crippen molar-refractivity contribution in [2.24, 2.45) is 0 Å². The molecule has 0 unspecified atom stereocenters. The number of methoxy groups -OCH3 is 1. The Balaban J connectivity index is 2.03. The van der Waals surface area contributed by atoms with Gasteiger partial charge in [0.25, 0.3) is 0 Å². The van der Waals surface area contributed by atoms with Crippen LogP contribution in [0, 0.1) is 0 Å². The standard InChI is InChI=1S/C21H27NO5S/c1-5-15-13-16(21(24)27-7-3)20(28-15)22-19(23)11-9-14-8-10-17(26-6-2)18(12-14)25-4/h8,10,12-13H,5-7,9,11H2,1-4H3,(H,22,23). The number of ether oxygens (including phenoxy) is 3.